The Morgan fingerprint density at radius 3 is 2.40 bits per heavy atom. The fourth-order valence-electron chi connectivity index (χ4n) is 2.62. The van der Waals surface area contributed by atoms with Crippen LogP contribution >= 0.6 is 0 Å². The van der Waals surface area contributed by atoms with Gasteiger partial charge in [0.1, 0.15) is 17.6 Å². The van der Waals surface area contributed by atoms with Crippen LogP contribution in [0.5, 0.6) is 11.5 Å². The van der Waals surface area contributed by atoms with Crippen LogP contribution in [0.15, 0.2) is 41.4 Å². The van der Waals surface area contributed by atoms with E-state index in [9.17, 15) is 5.11 Å². The Morgan fingerprint density at radius 1 is 1.12 bits per heavy atom. The van der Waals surface area contributed by atoms with E-state index in [-0.39, 0.29) is 12.5 Å². The molecule has 134 valence electrons. The second-order valence-electron chi connectivity index (χ2n) is 5.85. The molecule has 1 unspecified atom stereocenters. The van der Waals surface area contributed by atoms with Crippen LogP contribution in [0.3, 0.4) is 0 Å². The van der Waals surface area contributed by atoms with Gasteiger partial charge in [-0.15, -0.1) is 0 Å². The third-order valence-electron chi connectivity index (χ3n) is 3.72. The van der Waals surface area contributed by atoms with E-state index in [1.54, 1.807) is 32.4 Å². The molecule has 6 heteroatoms. The lowest BCUT2D eigenvalue weighted by Gasteiger charge is -2.15. The topological polar surface area (TPSA) is 89.1 Å². The Balaban J connectivity index is 2.09. The van der Waals surface area contributed by atoms with Crippen LogP contribution in [0.2, 0.25) is 0 Å². The smallest absolute Gasteiger partial charge is 0.193 e. The molecular formula is C19H25N3O3. The number of benzene rings is 2. The van der Waals surface area contributed by atoms with Crippen LogP contribution in [0.1, 0.15) is 22.8 Å². The first-order chi connectivity index (χ1) is 11.9. The maximum atomic E-state index is 10.4. The number of nitrogens with one attached hydrogen (secondary N) is 1. The number of nitrogens with zero attached hydrogens (tertiary/aromatic N) is 1. The Bertz CT molecular complexity index is 739. The Kier molecular flexibility index (Phi) is 6.25. The molecule has 2 rings (SSSR count). The van der Waals surface area contributed by atoms with Crippen molar-refractivity contribution in [3.05, 3.63) is 53.1 Å². The van der Waals surface area contributed by atoms with Crippen LogP contribution < -0.4 is 20.5 Å². The SMILES string of the molecule is COc1ccc(OC)c(C(O)CN=C(N)Nc2cc(C)cc(C)c2)c1. The van der Waals surface area contributed by atoms with Gasteiger partial charge in [-0.05, 0) is 55.3 Å². The predicted octanol–water partition coefficient (Wildman–Crippen LogP) is 2.78. The van der Waals surface area contributed by atoms with Crippen molar-refractivity contribution in [3.63, 3.8) is 0 Å². The van der Waals surface area contributed by atoms with Crippen molar-refractivity contribution in [2.45, 2.75) is 20.0 Å². The molecule has 0 spiro atoms. The lowest BCUT2D eigenvalue weighted by molar-refractivity contribution is 0.182. The summed E-state index contributed by atoms with van der Waals surface area (Å²) in [7, 11) is 3.12. The van der Waals surface area contributed by atoms with E-state index in [2.05, 4.69) is 16.4 Å². The van der Waals surface area contributed by atoms with Gasteiger partial charge in [0, 0.05) is 11.3 Å². The summed E-state index contributed by atoms with van der Waals surface area (Å²) in [5.74, 6) is 1.45. The molecule has 0 aliphatic rings. The highest BCUT2D eigenvalue weighted by atomic mass is 16.5. The van der Waals surface area contributed by atoms with Gasteiger partial charge in [-0.25, -0.2) is 0 Å². The summed E-state index contributed by atoms with van der Waals surface area (Å²) in [6.07, 6.45) is -0.857. The van der Waals surface area contributed by atoms with Crippen LogP contribution in [-0.2, 0) is 0 Å². The van der Waals surface area contributed by atoms with Crippen LogP contribution in [0.25, 0.3) is 0 Å². The van der Waals surface area contributed by atoms with Crippen molar-refractivity contribution in [3.8, 4) is 11.5 Å². The van der Waals surface area contributed by atoms with Crippen molar-refractivity contribution in [2.75, 3.05) is 26.1 Å². The molecular weight excluding hydrogens is 318 g/mol. The largest absolute Gasteiger partial charge is 0.497 e. The van der Waals surface area contributed by atoms with Gasteiger partial charge < -0.3 is 25.6 Å². The number of aliphatic hydroxyl groups is 1. The highest BCUT2D eigenvalue weighted by Gasteiger charge is 2.14. The van der Waals surface area contributed by atoms with Gasteiger partial charge in [0.2, 0.25) is 0 Å². The zero-order valence-corrected chi connectivity index (χ0v) is 15.0. The number of aliphatic imine (C=N–C) groups is 1. The summed E-state index contributed by atoms with van der Waals surface area (Å²) in [5.41, 5.74) is 9.67. The maximum Gasteiger partial charge on any atom is 0.193 e. The monoisotopic (exact) mass is 343 g/mol. The summed E-state index contributed by atoms with van der Waals surface area (Å²) in [6, 6.07) is 11.3. The van der Waals surface area contributed by atoms with Gasteiger partial charge >= 0.3 is 0 Å². The van der Waals surface area contributed by atoms with Gasteiger partial charge in [0.15, 0.2) is 5.96 Å². The predicted molar refractivity (Wildman–Crippen MR) is 101 cm³/mol. The number of anilines is 1. The molecule has 6 nitrogen and oxygen atoms in total. The first-order valence-corrected chi connectivity index (χ1v) is 7.98. The fourth-order valence-corrected chi connectivity index (χ4v) is 2.62. The number of aliphatic hydroxyl groups excluding tert-OH is 1. The third-order valence-corrected chi connectivity index (χ3v) is 3.72. The lowest BCUT2D eigenvalue weighted by Crippen LogP contribution is -2.23. The molecule has 0 fully saturated rings. The molecule has 2 aromatic rings. The number of methoxy groups -OCH3 is 2. The molecule has 4 N–H and O–H groups in total. The molecule has 25 heavy (non-hydrogen) atoms. The Labute approximate surface area is 148 Å². The molecule has 0 radical (unpaired) electrons. The van der Waals surface area contributed by atoms with E-state index in [4.69, 9.17) is 15.2 Å². The standard InChI is InChI=1S/C19H25N3O3/c1-12-7-13(2)9-14(8-12)22-19(20)21-11-17(23)16-10-15(24-3)5-6-18(16)25-4/h5-10,17,23H,11H2,1-4H3,(H3,20,21,22). The van der Waals surface area contributed by atoms with E-state index in [1.807, 2.05) is 26.0 Å². The highest BCUT2D eigenvalue weighted by Crippen LogP contribution is 2.29. The van der Waals surface area contributed by atoms with Crippen molar-refractivity contribution in [2.24, 2.45) is 10.7 Å². The number of guanidine groups is 1. The number of hydrogen-bond acceptors (Lipinski definition) is 4. The molecule has 0 heterocycles. The minimum absolute atomic E-state index is 0.104. The van der Waals surface area contributed by atoms with Crippen molar-refractivity contribution >= 4 is 11.6 Å². The summed E-state index contributed by atoms with van der Waals surface area (Å²) >= 11 is 0. The van der Waals surface area contributed by atoms with E-state index >= 15 is 0 Å². The first kappa shape index (κ1) is 18.6. The van der Waals surface area contributed by atoms with E-state index < -0.39 is 6.10 Å². The average molecular weight is 343 g/mol. The Morgan fingerprint density at radius 2 is 1.80 bits per heavy atom. The minimum Gasteiger partial charge on any atom is -0.497 e. The maximum absolute atomic E-state index is 10.4. The summed E-state index contributed by atoms with van der Waals surface area (Å²) in [6.45, 7) is 4.14. The minimum atomic E-state index is -0.857. The first-order valence-electron chi connectivity index (χ1n) is 7.98. The molecule has 0 bridgehead atoms. The zero-order chi connectivity index (χ0) is 18.4. The van der Waals surface area contributed by atoms with Gasteiger partial charge in [-0.3, -0.25) is 4.99 Å². The van der Waals surface area contributed by atoms with Crippen molar-refractivity contribution < 1.29 is 14.6 Å². The molecule has 1 atom stereocenters. The zero-order valence-electron chi connectivity index (χ0n) is 15.0. The summed E-state index contributed by atoms with van der Waals surface area (Å²) in [4.78, 5) is 4.22. The van der Waals surface area contributed by atoms with Gasteiger partial charge in [0.25, 0.3) is 0 Å². The van der Waals surface area contributed by atoms with Crippen LogP contribution in [-0.4, -0.2) is 31.8 Å². The van der Waals surface area contributed by atoms with Crippen molar-refractivity contribution in [1.29, 1.82) is 0 Å². The van der Waals surface area contributed by atoms with Gasteiger partial charge in [-0.1, -0.05) is 6.07 Å². The summed E-state index contributed by atoms with van der Waals surface area (Å²) < 4.78 is 10.5. The van der Waals surface area contributed by atoms with Crippen LogP contribution in [0.4, 0.5) is 5.69 Å². The van der Waals surface area contributed by atoms with E-state index in [0.29, 0.717) is 17.1 Å². The molecule has 0 aromatic heterocycles. The number of ether oxygens (including phenoxy) is 2. The highest BCUT2D eigenvalue weighted by molar-refractivity contribution is 5.92. The van der Waals surface area contributed by atoms with Crippen molar-refractivity contribution in [1.82, 2.24) is 0 Å². The Hall–Kier alpha value is -2.73. The third kappa shape index (κ3) is 5.12. The molecule has 0 aliphatic heterocycles. The van der Waals surface area contributed by atoms with Crippen LogP contribution in [0, 0.1) is 13.8 Å². The molecule has 0 saturated heterocycles. The van der Waals surface area contributed by atoms with E-state index in [1.165, 1.54) is 0 Å². The normalized spacial score (nSPS) is 12.6. The quantitative estimate of drug-likeness (QED) is 0.554. The second-order valence-corrected chi connectivity index (χ2v) is 5.85. The number of aryl methyl sites for hydroxylation is 2. The summed E-state index contributed by atoms with van der Waals surface area (Å²) in [5, 5.41) is 13.5. The molecule has 0 saturated carbocycles. The number of nitrogens with two attached hydrogens (primary N) is 1. The second kappa shape index (κ2) is 8.39. The molecule has 2 aromatic carbocycles. The average Bonchev–Trinajstić information content (AvgIpc) is 2.58. The van der Waals surface area contributed by atoms with Gasteiger partial charge in [0.05, 0.1) is 20.8 Å². The van der Waals surface area contributed by atoms with E-state index in [0.717, 1.165) is 16.8 Å². The molecule has 0 aliphatic carbocycles. The number of rotatable bonds is 6. The van der Waals surface area contributed by atoms with Gasteiger partial charge in [-0.2, -0.15) is 0 Å². The fraction of sp³-hybridized carbons (Fsp3) is 0.316. The lowest BCUT2D eigenvalue weighted by atomic mass is 10.1. The molecule has 0 amide bonds. The number of hydrogen-bond donors (Lipinski definition) is 3.